The van der Waals surface area contributed by atoms with Gasteiger partial charge in [0.05, 0.1) is 11.1 Å². The van der Waals surface area contributed by atoms with Gasteiger partial charge in [-0.15, -0.1) is 0 Å². The summed E-state index contributed by atoms with van der Waals surface area (Å²) in [5, 5.41) is 0. The summed E-state index contributed by atoms with van der Waals surface area (Å²) in [4.78, 5) is 2.44. The molecular formula is C60H53NO. The molecule has 0 saturated carbocycles. The van der Waals surface area contributed by atoms with Gasteiger partial charge in [0, 0.05) is 39.0 Å². The van der Waals surface area contributed by atoms with Crippen molar-refractivity contribution in [2.24, 2.45) is 0 Å². The zero-order valence-electron chi connectivity index (χ0n) is 37.1. The van der Waals surface area contributed by atoms with E-state index in [0.717, 1.165) is 39.7 Å². The van der Waals surface area contributed by atoms with E-state index in [1.807, 2.05) is 0 Å². The molecule has 0 radical (unpaired) electrons. The Morgan fingerprint density at radius 3 is 1.58 bits per heavy atom. The van der Waals surface area contributed by atoms with Crippen molar-refractivity contribution in [3.05, 3.63) is 220 Å². The second-order valence-corrected chi connectivity index (χ2v) is 20.1. The van der Waals surface area contributed by atoms with Crippen molar-refractivity contribution in [1.82, 2.24) is 0 Å². The van der Waals surface area contributed by atoms with Crippen LogP contribution in [0.4, 0.5) is 17.1 Å². The Morgan fingerprint density at radius 2 is 0.903 bits per heavy atom. The first-order valence-electron chi connectivity index (χ1n) is 22.2. The fourth-order valence-corrected chi connectivity index (χ4v) is 10.8. The monoisotopic (exact) mass is 803 g/mol. The van der Waals surface area contributed by atoms with Gasteiger partial charge in [-0.1, -0.05) is 195 Å². The minimum atomic E-state index is -0.609. The highest BCUT2D eigenvalue weighted by atomic mass is 16.5. The Labute approximate surface area is 367 Å². The van der Waals surface area contributed by atoms with Crippen LogP contribution in [0.25, 0.3) is 33.4 Å². The summed E-state index contributed by atoms with van der Waals surface area (Å²) in [5.74, 6) is 1.80. The molecule has 2 nitrogen and oxygen atoms in total. The highest BCUT2D eigenvalue weighted by Crippen LogP contribution is 2.64. The average molecular weight is 804 g/mol. The third-order valence-corrected chi connectivity index (χ3v) is 14.1. The SMILES string of the molecule is CC(C)(C)c1ccc2c(c1)C1(c3ccccc3Oc3c(-c4ccccc4N(c4ccccc4)c4ccc5c(c4)C(C)(C)c4ccccc4-5)cccc31)c1cc(C(C)(C)C)ccc1-2. The molecule has 8 aromatic carbocycles. The van der Waals surface area contributed by atoms with Crippen molar-refractivity contribution >= 4 is 17.1 Å². The van der Waals surface area contributed by atoms with Crippen molar-refractivity contribution in [2.75, 3.05) is 4.90 Å². The van der Waals surface area contributed by atoms with Crippen LogP contribution in [-0.2, 0) is 21.7 Å². The van der Waals surface area contributed by atoms with E-state index in [4.69, 9.17) is 4.74 Å². The summed E-state index contributed by atoms with van der Waals surface area (Å²) in [6.45, 7) is 18.6. The Balaban J connectivity index is 1.18. The maximum Gasteiger partial charge on any atom is 0.140 e. The van der Waals surface area contributed by atoms with E-state index in [1.54, 1.807) is 0 Å². The van der Waals surface area contributed by atoms with E-state index >= 15 is 0 Å². The second-order valence-electron chi connectivity index (χ2n) is 20.1. The van der Waals surface area contributed by atoms with Crippen LogP contribution < -0.4 is 9.64 Å². The first kappa shape index (κ1) is 38.3. The van der Waals surface area contributed by atoms with Crippen LogP contribution in [-0.4, -0.2) is 0 Å². The topological polar surface area (TPSA) is 12.5 Å². The van der Waals surface area contributed by atoms with Gasteiger partial charge >= 0.3 is 0 Å². The summed E-state index contributed by atoms with van der Waals surface area (Å²) in [6.07, 6.45) is 0. The molecule has 0 aromatic heterocycles. The Bertz CT molecular complexity index is 3040. The predicted octanol–water partition coefficient (Wildman–Crippen LogP) is 16.2. The lowest BCUT2D eigenvalue weighted by molar-refractivity contribution is 0.437. The third kappa shape index (κ3) is 5.48. The van der Waals surface area contributed by atoms with Gasteiger partial charge in [0.25, 0.3) is 0 Å². The van der Waals surface area contributed by atoms with E-state index in [0.29, 0.717) is 0 Å². The quantitative estimate of drug-likeness (QED) is 0.176. The molecule has 0 unspecified atom stereocenters. The fraction of sp³-hybridized carbons (Fsp3) is 0.200. The van der Waals surface area contributed by atoms with Gasteiger partial charge < -0.3 is 9.64 Å². The minimum Gasteiger partial charge on any atom is -0.456 e. The van der Waals surface area contributed by atoms with E-state index in [-0.39, 0.29) is 16.2 Å². The maximum atomic E-state index is 7.33. The van der Waals surface area contributed by atoms with Crippen LogP contribution in [0.2, 0.25) is 0 Å². The molecule has 0 bridgehead atoms. The number of hydrogen-bond donors (Lipinski definition) is 0. The zero-order chi connectivity index (χ0) is 42.8. The molecule has 304 valence electrons. The van der Waals surface area contributed by atoms with Gasteiger partial charge in [0.2, 0.25) is 0 Å². The number of ether oxygens (including phenoxy) is 1. The number of fused-ring (bicyclic) bond motifs is 12. The van der Waals surface area contributed by atoms with Gasteiger partial charge in [0.15, 0.2) is 0 Å². The van der Waals surface area contributed by atoms with Crippen LogP contribution in [0.3, 0.4) is 0 Å². The fourth-order valence-electron chi connectivity index (χ4n) is 10.8. The Morgan fingerprint density at radius 1 is 0.387 bits per heavy atom. The normalized spacial score (nSPS) is 14.8. The molecule has 1 spiro atoms. The molecule has 0 N–H and O–H groups in total. The van der Waals surface area contributed by atoms with E-state index in [1.165, 1.54) is 66.8 Å². The summed E-state index contributed by atoms with van der Waals surface area (Å²) >= 11 is 0. The second kappa shape index (κ2) is 13.4. The summed E-state index contributed by atoms with van der Waals surface area (Å²) in [5.41, 5.74) is 20.3. The lowest BCUT2D eigenvalue weighted by atomic mass is 9.64. The molecule has 62 heavy (non-hydrogen) atoms. The number of benzene rings is 8. The Hall–Kier alpha value is -6.64. The number of para-hydroxylation sites is 4. The summed E-state index contributed by atoms with van der Waals surface area (Å²) in [6, 6.07) is 65.7. The maximum absolute atomic E-state index is 7.33. The molecule has 8 aromatic rings. The number of rotatable bonds is 4. The van der Waals surface area contributed by atoms with Gasteiger partial charge in [-0.2, -0.15) is 0 Å². The molecule has 2 aliphatic carbocycles. The highest BCUT2D eigenvalue weighted by molar-refractivity contribution is 5.95. The molecule has 0 atom stereocenters. The highest BCUT2D eigenvalue weighted by Gasteiger charge is 2.52. The first-order valence-corrected chi connectivity index (χ1v) is 22.2. The van der Waals surface area contributed by atoms with Crippen molar-refractivity contribution < 1.29 is 4.74 Å². The van der Waals surface area contributed by atoms with Crippen molar-refractivity contribution in [3.8, 4) is 44.9 Å². The van der Waals surface area contributed by atoms with Crippen LogP contribution in [0.15, 0.2) is 176 Å². The third-order valence-electron chi connectivity index (χ3n) is 14.1. The van der Waals surface area contributed by atoms with Crippen molar-refractivity contribution in [1.29, 1.82) is 0 Å². The molecule has 11 rings (SSSR count). The van der Waals surface area contributed by atoms with Crippen LogP contribution in [0.1, 0.15) is 99.9 Å². The van der Waals surface area contributed by atoms with Gasteiger partial charge in [-0.05, 0) is 103 Å². The van der Waals surface area contributed by atoms with Gasteiger partial charge in [-0.25, -0.2) is 0 Å². The molecular weight excluding hydrogens is 751 g/mol. The molecule has 0 fully saturated rings. The summed E-state index contributed by atoms with van der Waals surface area (Å²) < 4.78 is 7.33. The lowest BCUT2D eigenvalue weighted by Crippen LogP contribution is -2.33. The lowest BCUT2D eigenvalue weighted by Gasteiger charge is -2.41. The van der Waals surface area contributed by atoms with Crippen molar-refractivity contribution in [2.45, 2.75) is 77.0 Å². The number of nitrogens with zero attached hydrogens (tertiary/aromatic N) is 1. The smallest absolute Gasteiger partial charge is 0.140 e. The molecule has 0 amide bonds. The number of anilines is 3. The first-order chi connectivity index (χ1) is 29.8. The van der Waals surface area contributed by atoms with Crippen LogP contribution in [0, 0.1) is 0 Å². The molecule has 2 heteroatoms. The van der Waals surface area contributed by atoms with E-state index in [9.17, 15) is 0 Å². The van der Waals surface area contributed by atoms with Crippen LogP contribution >= 0.6 is 0 Å². The molecule has 3 aliphatic rings. The largest absolute Gasteiger partial charge is 0.456 e. The average Bonchev–Trinajstić information content (AvgIpc) is 3.68. The number of hydrogen-bond acceptors (Lipinski definition) is 2. The van der Waals surface area contributed by atoms with Crippen molar-refractivity contribution in [3.63, 3.8) is 0 Å². The molecule has 0 saturated heterocycles. The van der Waals surface area contributed by atoms with Crippen LogP contribution in [0.5, 0.6) is 11.5 Å². The standard InChI is InChI=1S/C60H53NO/c1-57(2,3)38-29-32-44-45-33-30-39(58(4,5)6)36-53(45)60(52(44)35-38)49-25-15-17-28-55(49)62-56-47(23-18-26-50(56)60)46-22-13-16-27-54(46)61(40-19-10-9-11-20-40)41-31-34-43-42-21-12-14-24-48(42)59(7,8)51(43)37-41/h9-37H,1-8H3. The summed E-state index contributed by atoms with van der Waals surface area (Å²) in [7, 11) is 0. The Kier molecular flexibility index (Phi) is 8.29. The molecule has 1 heterocycles. The minimum absolute atomic E-state index is 0.0354. The predicted molar refractivity (Wildman–Crippen MR) is 259 cm³/mol. The van der Waals surface area contributed by atoms with Gasteiger partial charge in [0.1, 0.15) is 11.5 Å². The van der Waals surface area contributed by atoms with Gasteiger partial charge in [-0.3, -0.25) is 0 Å². The zero-order valence-corrected chi connectivity index (χ0v) is 37.1. The van der Waals surface area contributed by atoms with E-state index < -0.39 is 5.41 Å². The van der Waals surface area contributed by atoms with E-state index in [2.05, 4.69) is 236 Å². The molecule has 1 aliphatic heterocycles.